The van der Waals surface area contributed by atoms with Crippen molar-refractivity contribution in [2.75, 3.05) is 5.73 Å². The van der Waals surface area contributed by atoms with Crippen molar-refractivity contribution in [1.29, 1.82) is 0 Å². The Kier molecular flexibility index (Phi) is 7.29. The molecule has 1 heterocycles. The highest BCUT2D eigenvalue weighted by Gasteiger charge is 2.41. The third-order valence-corrected chi connectivity index (χ3v) is 4.57. The van der Waals surface area contributed by atoms with Gasteiger partial charge in [-0.15, -0.1) is 13.2 Å². The van der Waals surface area contributed by atoms with Crippen molar-refractivity contribution in [3.05, 3.63) is 47.3 Å². The fraction of sp³-hybridized carbons (Fsp3) is 0.350. The molecule has 0 spiro atoms. The van der Waals surface area contributed by atoms with Crippen LogP contribution in [0.2, 0.25) is 0 Å². The van der Waals surface area contributed by atoms with Crippen molar-refractivity contribution in [3.8, 4) is 17.6 Å². The summed E-state index contributed by atoms with van der Waals surface area (Å²) in [4.78, 5) is 20.1. The Morgan fingerprint density at radius 2 is 1.91 bits per heavy atom. The average molecular weight is 472 g/mol. The first kappa shape index (κ1) is 24.1. The second-order valence-electron chi connectivity index (χ2n) is 6.97. The number of nitrogens with zero attached hydrogens (tertiary/aromatic N) is 2. The molecule has 0 unspecified atom stereocenters. The largest absolute Gasteiger partial charge is 0.522 e. The SMILES string of the molecule is Nc1ncc(C#Cc2cc(C(=O)N[C@H]3C[C@H](OC(F)(F)F)C[C@@H]3O)ccc2OC(F)F)cn1. The molecule has 0 radical (unpaired) electrons. The summed E-state index contributed by atoms with van der Waals surface area (Å²) in [6, 6.07) is 2.45. The third-order valence-electron chi connectivity index (χ3n) is 4.57. The topological polar surface area (TPSA) is 120 Å². The van der Waals surface area contributed by atoms with Crippen molar-refractivity contribution in [1.82, 2.24) is 15.3 Å². The minimum absolute atomic E-state index is 0.0120. The van der Waals surface area contributed by atoms with Gasteiger partial charge in [-0.3, -0.25) is 9.53 Å². The lowest BCUT2D eigenvalue weighted by molar-refractivity contribution is -0.342. The van der Waals surface area contributed by atoms with Crippen molar-refractivity contribution < 1.29 is 41.3 Å². The van der Waals surface area contributed by atoms with Crippen LogP contribution in [0.5, 0.6) is 5.75 Å². The zero-order valence-corrected chi connectivity index (χ0v) is 16.6. The van der Waals surface area contributed by atoms with Gasteiger partial charge in [0.05, 0.1) is 29.4 Å². The smallest absolute Gasteiger partial charge is 0.434 e. The monoisotopic (exact) mass is 472 g/mol. The fourth-order valence-corrected chi connectivity index (χ4v) is 3.17. The standard InChI is InChI=1S/C20H17F5N4O4/c21-18(22)32-16-4-3-12(5-11(16)2-1-10-8-27-19(26)28-9-10)17(31)29-14-6-13(7-15(14)30)33-20(23,24)25/h3-5,8-9,13-15,18,30H,6-7H2,(H,29,31)(H2,26,27,28)/t13-,14-,15-/m0/s1. The maximum atomic E-state index is 12.7. The molecule has 1 saturated carbocycles. The molecule has 0 saturated heterocycles. The lowest BCUT2D eigenvalue weighted by atomic mass is 10.1. The van der Waals surface area contributed by atoms with Crippen LogP contribution in [0.3, 0.4) is 0 Å². The molecule has 8 nitrogen and oxygen atoms in total. The molecular formula is C20H17F5N4O4. The number of aromatic nitrogens is 2. The van der Waals surface area contributed by atoms with E-state index in [2.05, 4.69) is 36.6 Å². The van der Waals surface area contributed by atoms with Crippen LogP contribution in [-0.2, 0) is 4.74 Å². The van der Waals surface area contributed by atoms with Gasteiger partial charge < -0.3 is 20.9 Å². The number of aliphatic hydroxyl groups excluding tert-OH is 1. The molecular weight excluding hydrogens is 455 g/mol. The number of nitrogen functional groups attached to an aromatic ring is 1. The van der Waals surface area contributed by atoms with E-state index in [0.717, 1.165) is 6.07 Å². The van der Waals surface area contributed by atoms with E-state index in [-0.39, 0.29) is 35.7 Å². The predicted molar refractivity (Wildman–Crippen MR) is 103 cm³/mol. The molecule has 13 heteroatoms. The van der Waals surface area contributed by atoms with Crippen LogP contribution in [0, 0.1) is 11.8 Å². The van der Waals surface area contributed by atoms with E-state index in [4.69, 9.17) is 5.73 Å². The molecule has 3 rings (SSSR count). The number of aliphatic hydroxyl groups is 1. The molecule has 1 aliphatic rings. The average Bonchev–Trinajstić information content (AvgIpc) is 3.04. The van der Waals surface area contributed by atoms with Crippen LogP contribution in [0.1, 0.15) is 34.3 Å². The molecule has 1 aromatic heterocycles. The Bertz CT molecular complexity index is 1050. The van der Waals surface area contributed by atoms with Gasteiger partial charge in [-0.25, -0.2) is 9.97 Å². The molecule has 1 amide bonds. The number of rotatable bonds is 5. The summed E-state index contributed by atoms with van der Waals surface area (Å²) in [5.74, 6) is 4.16. The van der Waals surface area contributed by atoms with Gasteiger partial charge in [0.2, 0.25) is 5.95 Å². The van der Waals surface area contributed by atoms with Crippen molar-refractivity contribution >= 4 is 11.9 Å². The first-order valence-electron chi connectivity index (χ1n) is 9.42. The van der Waals surface area contributed by atoms with Gasteiger partial charge in [0.1, 0.15) is 5.75 Å². The van der Waals surface area contributed by atoms with Crippen molar-refractivity contribution in [2.24, 2.45) is 0 Å². The van der Waals surface area contributed by atoms with Crippen LogP contribution in [-0.4, -0.2) is 52.2 Å². The molecule has 176 valence electrons. The molecule has 2 aromatic rings. The van der Waals surface area contributed by atoms with Gasteiger partial charge in [0, 0.05) is 24.4 Å². The number of amides is 1. The molecule has 3 atom stereocenters. The van der Waals surface area contributed by atoms with Gasteiger partial charge in [-0.05, 0) is 24.6 Å². The Morgan fingerprint density at radius 1 is 1.21 bits per heavy atom. The quantitative estimate of drug-likeness (QED) is 0.451. The van der Waals surface area contributed by atoms with Crippen LogP contribution in [0.4, 0.5) is 27.9 Å². The highest BCUT2D eigenvalue weighted by Crippen LogP contribution is 2.30. The molecule has 1 aliphatic carbocycles. The lowest BCUT2D eigenvalue weighted by Crippen LogP contribution is -2.40. The number of ether oxygens (including phenoxy) is 2. The minimum Gasteiger partial charge on any atom is -0.434 e. The van der Waals surface area contributed by atoms with Gasteiger partial charge in [0.25, 0.3) is 5.91 Å². The van der Waals surface area contributed by atoms with Crippen LogP contribution in [0.15, 0.2) is 30.6 Å². The Morgan fingerprint density at radius 3 is 2.55 bits per heavy atom. The van der Waals surface area contributed by atoms with E-state index in [0.29, 0.717) is 5.56 Å². The zero-order valence-electron chi connectivity index (χ0n) is 16.6. The Labute approximate surface area is 183 Å². The zero-order chi connectivity index (χ0) is 24.2. The summed E-state index contributed by atoms with van der Waals surface area (Å²) >= 11 is 0. The number of anilines is 1. The summed E-state index contributed by atoms with van der Waals surface area (Å²) in [5.41, 5.74) is 5.59. The summed E-state index contributed by atoms with van der Waals surface area (Å²) in [6.07, 6.45) is -5.40. The molecule has 0 bridgehead atoms. The third kappa shape index (κ3) is 6.99. The molecule has 33 heavy (non-hydrogen) atoms. The highest BCUT2D eigenvalue weighted by atomic mass is 19.4. The van der Waals surface area contributed by atoms with Gasteiger partial charge in [-0.2, -0.15) is 8.78 Å². The van der Waals surface area contributed by atoms with E-state index in [1.165, 1.54) is 24.5 Å². The van der Waals surface area contributed by atoms with Crippen LogP contribution < -0.4 is 15.8 Å². The number of nitrogens with two attached hydrogens (primary N) is 1. The van der Waals surface area contributed by atoms with Crippen LogP contribution in [0.25, 0.3) is 0 Å². The number of carbonyl (C=O) groups is 1. The molecule has 0 aliphatic heterocycles. The second-order valence-corrected chi connectivity index (χ2v) is 6.97. The normalized spacial score (nSPS) is 20.3. The Hall–Kier alpha value is -3.50. The van der Waals surface area contributed by atoms with Gasteiger partial charge in [-0.1, -0.05) is 11.8 Å². The lowest BCUT2D eigenvalue weighted by Gasteiger charge is -2.17. The number of nitrogens with one attached hydrogen (secondary N) is 1. The molecule has 4 N–H and O–H groups in total. The number of carbonyl (C=O) groups excluding carboxylic acids is 1. The van der Waals surface area contributed by atoms with E-state index in [1.54, 1.807) is 0 Å². The van der Waals surface area contributed by atoms with Crippen molar-refractivity contribution in [3.63, 3.8) is 0 Å². The molecule has 1 fully saturated rings. The highest BCUT2D eigenvalue weighted by molar-refractivity contribution is 5.95. The van der Waals surface area contributed by atoms with E-state index >= 15 is 0 Å². The summed E-state index contributed by atoms with van der Waals surface area (Å²) < 4.78 is 71.0. The van der Waals surface area contributed by atoms with Gasteiger partial charge >= 0.3 is 13.0 Å². The van der Waals surface area contributed by atoms with Crippen molar-refractivity contribution in [2.45, 2.75) is 44.1 Å². The first-order chi connectivity index (χ1) is 15.5. The number of alkyl halides is 5. The predicted octanol–water partition coefficient (Wildman–Crippen LogP) is 2.22. The van der Waals surface area contributed by atoms with E-state index in [1.807, 2.05) is 0 Å². The summed E-state index contributed by atoms with van der Waals surface area (Å²) in [5, 5.41) is 12.4. The van der Waals surface area contributed by atoms with E-state index < -0.39 is 37.1 Å². The summed E-state index contributed by atoms with van der Waals surface area (Å²) in [7, 11) is 0. The number of halogens is 5. The fourth-order valence-electron chi connectivity index (χ4n) is 3.17. The number of hydrogen-bond donors (Lipinski definition) is 3. The van der Waals surface area contributed by atoms with E-state index in [9.17, 15) is 31.9 Å². The van der Waals surface area contributed by atoms with Crippen LogP contribution >= 0.6 is 0 Å². The first-order valence-corrected chi connectivity index (χ1v) is 9.42. The van der Waals surface area contributed by atoms with Gasteiger partial charge in [0.15, 0.2) is 0 Å². The minimum atomic E-state index is -4.87. The maximum absolute atomic E-state index is 12.7. The molecule has 1 aromatic carbocycles. The number of benzene rings is 1. The maximum Gasteiger partial charge on any atom is 0.522 e. The number of hydrogen-bond acceptors (Lipinski definition) is 7. The summed E-state index contributed by atoms with van der Waals surface area (Å²) in [6.45, 7) is -3.15. The Balaban J connectivity index is 1.78. The second kappa shape index (κ2) is 9.97.